The van der Waals surface area contributed by atoms with Crippen LogP contribution in [0, 0.1) is 0 Å². The molecule has 0 bridgehead atoms. The van der Waals surface area contributed by atoms with Crippen LogP contribution < -0.4 is 0 Å². The molecule has 0 fully saturated rings. The zero-order valence-corrected chi connectivity index (χ0v) is 22.4. The molecule has 3 aromatic rings. The number of rotatable bonds is 8. The lowest BCUT2D eigenvalue weighted by molar-refractivity contribution is -0.122. The zero-order valence-electron chi connectivity index (χ0n) is 20.9. The number of ether oxygens (including phenoxy) is 1. The number of aliphatic hydroxyl groups is 2. The average Bonchev–Trinajstić information content (AvgIpc) is 3.02. The molecule has 3 aromatic carbocycles. The molecule has 0 aromatic heterocycles. The van der Waals surface area contributed by atoms with E-state index in [1.54, 1.807) is 62.9 Å². The number of halogens is 2. The first-order valence-electron chi connectivity index (χ1n) is 11.9. The van der Waals surface area contributed by atoms with E-state index < -0.39 is 16.9 Å². The van der Waals surface area contributed by atoms with E-state index in [1.165, 1.54) is 0 Å². The summed E-state index contributed by atoms with van der Waals surface area (Å²) in [6, 6.07) is 20.0. The van der Waals surface area contributed by atoms with Gasteiger partial charge in [-0.3, -0.25) is 9.69 Å². The van der Waals surface area contributed by atoms with Crippen molar-refractivity contribution in [2.24, 2.45) is 0 Å². The molecule has 190 valence electrons. The van der Waals surface area contributed by atoms with Crippen LogP contribution in [0.4, 0.5) is 0 Å². The summed E-state index contributed by atoms with van der Waals surface area (Å²) in [4.78, 5) is 15.7. The SMILES string of the molecule is CC(C)(O)CCO[C@]1(c2ccc(Cl)cc2)c2ccc(C(C)(C)O)cc2C(=O)N1Cc1ccc(Cl)cc1. The Morgan fingerprint density at radius 2 is 1.47 bits per heavy atom. The van der Waals surface area contributed by atoms with Crippen molar-refractivity contribution < 1.29 is 19.7 Å². The second-order valence-corrected chi connectivity index (χ2v) is 11.3. The number of nitrogens with zero attached hydrogens (tertiary/aromatic N) is 1. The van der Waals surface area contributed by atoms with Crippen LogP contribution in [0.3, 0.4) is 0 Å². The molecule has 7 heteroatoms. The average molecular weight is 528 g/mol. The van der Waals surface area contributed by atoms with Crippen molar-refractivity contribution in [2.75, 3.05) is 6.61 Å². The lowest BCUT2D eigenvalue weighted by Gasteiger charge is -2.40. The van der Waals surface area contributed by atoms with E-state index in [4.69, 9.17) is 27.9 Å². The number of fused-ring (bicyclic) bond motifs is 1. The monoisotopic (exact) mass is 527 g/mol. The second kappa shape index (κ2) is 9.81. The van der Waals surface area contributed by atoms with E-state index in [-0.39, 0.29) is 19.1 Å². The van der Waals surface area contributed by atoms with Gasteiger partial charge in [0.15, 0.2) is 5.72 Å². The van der Waals surface area contributed by atoms with Gasteiger partial charge in [0.25, 0.3) is 5.91 Å². The van der Waals surface area contributed by atoms with Crippen LogP contribution in [-0.4, -0.2) is 33.2 Å². The van der Waals surface area contributed by atoms with E-state index in [9.17, 15) is 15.0 Å². The topological polar surface area (TPSA) is 70.0 Å². The number of hydrogen-bond acceptors (Lipinski definition) is 4. The van der Waals surface area contributed by atoms with Gasteiger partial charge >= 0.3 is 0 Å². The molecule has 1 aliphatic rings. The van der Waals surface area contributed by atoms with Gasteiger partial charge in [-0.25, -0.2) is 0 Å². The lowest BCUT2D eigenvalue weighted by Crippen LogP contribution is -2.47. The van der Waals surface area contributed by atoms with Crippen molar-refractivity contribution in [2.45, 2.75) is 57.6 Å². The number of benzene rings is 3. The molecule has 0 spiro atoms. The van der Waals surface area contributed by atoms with Crippen LogP contribution in [-0.2, 0) is 22.6 Å². The van der Waals surface area contributed by atoms with Crippen LogP contribution in [0.5, 0.6) is 0 Å². The summed E-state index contributed by atoms with van der Waals surface area (Å²) in [5.74, 6) is -0.218. The van der Waals surface area contributed by atoms with Crippen LogP contribution >= 0.6 is 23.2 Å². The molecule has 1 aliphatic heterocycles. The summed E-state index contributed by atoms with van der Waals surface area (Å²) in [5, 5.41) is 22.2. The standard InChI is InChI=1S/C29H31Cl2NO4/c1-27(2,34)15-16-36-29(20-7-12-23(31)13-8-20)25-14-9-21(28(3,4)35)17-24(25)26(33)32(29)18-19-5-10-22(30)11-6-19/h5-14,17,34-35H,15-16,18H2,1-4H3/t29-/m1/s1. The molecule has 2 N–H and O–H groups in total. The molecule has 1 amide bonds. The van der Waals surface area contributed by atoms with Gasteiger partial charge in [0, 0.05) is 33.3 Å². The van der Waals surface area contributed by atoms with E-state index in [0.29, 0.717) is 33.2 Å². The van der Waals surface area contributed by atoms with Crippen molar-refractivity contribution in [1.29, 1.82) is 0 Å². The fourth-order valence-corrected chi connectivity index (χ4v) is 4.71. The number of hydrogen-bond donors (Lipinski definition) is 2. The van der Waals surface area contributed by atoms with Crippen LogP contribution in [0.15, 0.2) is 66.7 Å². The smallest absolute Gasteiger partial charge is 0.257 e. The maximum absolute atomic E-state index is 14.0. The summed E-state index contributed by atoms with van der Waals surface area (Å²) >= 11 is 12.3. The van der Waals surface area contributed by atoms with Gasteiger partial charge in [-0.05, 0) is 75.6 Å². The third-order valence-corrected chi connectivity index (χ3v) is 6.96. The maximum Gasteiger partial charge on any atom is 0.257 e. The Labute approximate surface area is 222 Å². The maximum atomic E-state index is 14.0. The molecular weight excluding hydrogens is 497 g/mol. The summed E-state index contributed by atoms with van der Waals surface area (Å²) in [5.41, 5.74) is 0.0494. The fourth-order valence-electron chi connectivity index (χ4n) is 4.46. The predicted octanol–water partition coefficient (Wildman–Crippen LogP) is 6.26. The van der Waals surface area contributed by atoms with Gasteiger partial charge in [0.05, 0.1) is 17.8 Å². The Morgan fingerprint density at radius 3 is 2.03 bits per heavy atom. The summed E-state index contributed by atoms with van der Waals surface area (Å²) in [6.07, 6.45) is 0.363. The minimum Gasteiger partial charge on any atom is -0.390 e. The Balaban J connectivity index is 1.91. The van der Waals surface area contributed by atoms with Gasteiger partial charge in [0.1, 0.15) is 0 Å². The second-order valence-electron chi connectivity index (χ2n) is 10.4. The van der Waals surface area contributed by atoms with Crippen LogP contribution in [0.2, 0.25) is 10.0 Å². The molecule has 0 radical (unpaired) electrons. The van der Waals surface area contributed by atoms with Gasteiger partial charge in [-0.1, -0.05) is 59.6 Å². The molecule has 0 unspecified atom stereocenters. The summed E-state index contributed by atoms with van der Waals surface area (Å²) < 4.78 is 6.64. The van der Waals surface area contributed by atoms with E-state index >= 15 is 0 Å². The number of carbonyl (C=O) groups is 1. The lowest BCUT2D eigenvalue weighted by atomic mass is 9.89. The normalized spacial score (nSPS) is 18.0. The first-order valence-corrected chi connectivity index (χ1v) is 12.6. The fraction of sp³-hybridized carbons (Fsp3) is 0.345. The van der Waals surface area contributed by atoms with Crippen molar-refractivity contribution >= 4 is 29.1 Å². The summed E-state index contributed by atoms with van der Waals surface area (Å²) in [7, 11) is 0. The molecule has 5 nitrogen and oxygen atoms in total. The molecule has 1 atom stereocenters. The van der Waals surface area contributed by atoms with Gasteiger partial charge < -0.3 is 14.9 Å². The number of amides is 1. The highest BCUT2D eigenvalue weighted by molar-refractivity contribution is 6.30. The largest absolute Gasteiger partial charge is 0.390 e. The molecule has 0 saturated carbocycles. The van der Waals surface area contributed by atoms with Gasteiger partial charge in [0.2, 0.25) is 0 Å². The zero-order chi connectivity index (χ0) is 26.3. The third kappa shape index (κ3) is 5.31. The van der Waals surface area contributed by atoms with E-state index in [2.05, 4.69) is 0 Å². The van der Waals surface area contributed by atoms with Crippen molar-refractivity contribution in [3.8, 4) is 0 Å². The van der Waals surface area contributed by atoms with Gasteiger partial charge in [-0.2, -0.15) is 0 Å². The van der Waals surface area contributed by atoms with E-state index in [0.717, 1.165) is 11.1 Å². The molecule has 4 rings (SSSR count). The summed E-state index contributed by atoms with van der Waals surface area (Å²) in [6.45, 7) is 7.27. The minimum atomic E-state index is -1.26. The Kier molecular flexibility index (Phi) is 7.26. The molecule has 1 heterocycles. The molecule has 36 heavy (non-hydrogen) atoms. The molecule has 0 aliphatic carbocycles. The first kappa shape index (κ1) is 26.6. The molecule has 0 saturated heterocycles. The first-order chi connectivity index (χ1) is 16.8. The highest BCUT2D eigenvalue weighted by Crippen LogP contribution is 2.47. The van der Waals surface area contributed by atoms with Crippen molar-refractivity contribution in [3.63, 3.8) is 0 Å². The predicted molar refractivity (Wildman–Crippen MR) is 142 cm³/mol. The Bertz CT molecular complexity index is 1240. The molecular formula is C29H31Cl2NO4. The number of carbonyl (C=O) groups excluding carboxylic acids is 1. The quantitative estimate of drug-likeness (QED) is 0.362. The third-order valence-electron chi connectivity index (χ3n) is 6.46. The Hall–Kier alpha value is -2.41. The van der Waals surface area contributed by atoms with Crippen molar-refractivity contribution in [1.82, 2.24) is 4.90 Å². The van der Waals surface area contributed by atoms with Gasteiger partial charge in [-0.15, -0.1) is 0 Å². The van der Waals surface area contributed by atoms with E-state index in [1.807, 2.05) is 36.4 Å². The minimum absolute atomic E-state index is 0.198. The van der Waals surface area contributed by atoms with Crippen molar-refractivity contribution in [3.05, 3.63) is 105 Å². The van der Waals surface area contributed by atoms with Crippen LogP contribution in [0.25, 0.3) is 0 Å². The van der Waals surface area contributed by atoms with Crippen LogP contribution in [0.1, 0.15) is 66.7 Å². The highest BCUT2D eigenvalue weighted by Gasteiger charge is 2.52. The highest BCUT2D eigenvalue weighted by atomic mass is 35.5. The Morgan fingerprint density at radius 1 is 0.889 bits per heavy atom.